The predicted octanol–water partition coefficient (Wildman–Crippen LogP) is 19.5. The molecule has 0 radical (unpaired) electrons. The minimum Gasteiger partial charge on any atom is -0.247 e. The van der Waals surface area contributed by atoms with E-state index in [2.05, 4.69) is 279 Å². The van der Waals surface area contributed by atoms with Crippen LogP contribution < -0.4 is 0 Å². The fourth-order valence-corrected chi connectivity index (χ4v) is 10.7. The van der Waals surface area contributed by atoms with Gasteiger partial charge in [-0.15, -0.1) is 0 Å². The van der Waals surface area contributed by atoms with Gasteiger partial charge in [-0.3, -0.25) is 0 Å². The maximum absolute atomic E-state index is 5.31. The first kappa shape index (κ1) is 44.2. The molecule has 0 spiro atoms. The van der Waals surface area contributed by atoms with E-state index in [1.165, 1.54) is 43.8 Å². The summed E-state index contributed by atoms with van der Waals surface area (Å²) >= 11 is 0. The zero-order chi connectivity index (χ0) is 49.2. The molecule has 0 N–H and O–H groups in total. The van der Waals surface area contributed by atoms with E-state index in [9.17, 15) is 0 Å². The SMILES string of the molecule is c1ccc(-c2ccc(-c3cccc(-c4ccc5c(-c6ccccc6)c6cc(-c7cccc(-c8ccc(-c9ccccc9)nc8-c8ccccc8)c7)ccc6c(-c6ccccc6)c5c4)c3)c(-c3ccccc3)n2)cc1. The topological polar surface area (TPSA) is 25.8 Å². The molecule has 0 atom stereocenters. The Kier molecular flexibility index (Phi) is 11.6. The first-order chi connectivity index (χ1) is 36.7. The van der Waals surface area contributed by atoms with Gasteiger partial charge in [0, 0.05) is 33.4 Å². The number of hydrogen-bond donors (Lipinski definition) is 0. The molecule has 2 heterocycles. The molecule has 0 saturated heterocycles. The number of nitrogens with zero attached hydrogens (tertiary/aromatic N) is 2. The minimum atomic E-state index is 0.953. The predicted molar refractivity (Wildman–Crippen MR) is 311 cm³/mol. The zero-order valence-electron chi connectivity index (χ0n) is 40.6. The molecule has 2 nitrogen and oxygen atoms in total. The van der Waals surface area contributed by atoms with E-state index in [1.807, 2.05) is 12.1 Å². The quantitative estimate of drug-likeness (QED) is 0.128. The van der Waals surface area contributed by atoms with Crippen LogP contribution in [0.15, 0.2) is 291 Å². The molecule has 0 fully saturated rings. The van der Waals surface area contributed by atoms with E-state index in [4.69, 9.17) is 9.97 Å². The largest absolute Gasteiger partial charge is 0.247 e. The van der Waals surface area contributed by atoms with Gasteiger partial charge in [0.05, 0.1) is 22.8 Å². The summed E-state index contributed by atoms with van der Waals surface area (Å²) in [5.41, 5.74) is 22.0. The van der Waals surface area contributed by atoms with E-state index in [-0.39, 0.29) is 0 Å². The Labute approximate surface area is 432 Å². The Morgan fingerprint density at radius 1 is 0.176 bits per heavy atom. The summed E-state index contributed by atoms with van der Waals surface area (Å²) in [6.07, 6.45) is 0. The Morgan fingerprint density at radius 3 is 0.838 bits per heavy atom. The summed E-state index contributed by atoms with van der Waals surface area (Å²) in [7, 11) is 0. The first-order valence-corrected chi connectivity index (χ1v) is 25.3. The molecule has 0 aliphatic rings. The normalized spacial score (nSPS) is 11.2. The van der Waals surface area contributed by atoms with Crippen molar-refractivity contribution < 1.29 is 0 Å². The van der Waals surface area contributed by atoms with Crippen LogP contribution in [0.1, 0.15) is 0 Å². The molecular formula is C72H48N2. The van der Waals surface area contributed by atoms with Crippen LogP contribution in [-0.4, -0.2) is 9.97 Å². The number of rotatable bonds is 10. The third kappa shape index (κ3) is 8.45. The van der Waals surface area contributed by atoms with Crippen molar-refractivity contribution in [2.75, 3.05) is 0 Å². The standard InChI is InChI=1S/C72H48N2/c1-7-21-49(22-8-1)67-43-41-61(71(73-67)53-29-15-5-16-30-53)59-35-19-33-55(45-59)57-37-39-63-65(47-57)69(51-25-11-3-12-26-51)64-40-38-58(48-66(64)70(63)52-27-13-4-14-28-52)56-34-20-36-60(46-56)62-42-44-68(50-23-9-2-10-24-50)74-72(62)54-31-17-6-18-32-54/h1-48H. The lowest BCUT2D eigenvalue weighted by molar-refractivity contribution is 1.32. The Morgan fingerprint density at radius 2 is 0.473 bits per heavy atom. The molecule has 0 saturated carbocycles. The van der Waals surface area contributed by atoms with Gasteiger partial charge in [0.15, 0.2) is 0 Å². The highest BCUT2D eigenvalue weighted by atomic mass is 14.7. The molecule has 13 aromatic rings. The lowest BCUT2D eigenvalue weighted by Crippen LogP contribution is -1.94. The Balaban J connectivity index is 0.966. The number of pyridine rings is 2. The van der Waals surface area contributed by atoms with Crippen LogP contribution in [0, 0.1) is 0 Å². The van der Waals surface area contributed by atoms with Crippen LogP contribution in [0.5, 0.6) is 0 Å². The maximum atomic E-state index is 5.31. The van der Waals surface area contributed by atoms with Crippen LogP contribution in [-0.2, 0) is 0 Å². The van der Waals surface area contributed by atoms with E-state index in [1.54, 1.807) is 0 Å². The lowest BCUT2D eigenvalue weighted by Gasteiger charge is -2.20. The van der Waals surface area contributed by atoms with Crippen LogP contribution >= 0.6 is 0 Å². The van der Waals surface area contributed by atoms with E-state index in [0.29, 0.717) is 0 Å². The molecule has 2 aromatic heterocycles. The summed E-state index contributed by atoms with van der Waals surface area (Å²) in [4.78, 5) is 10.6. The van der Waals surface area contributed by atoms with Crippen molar-refractivity contribution in [2.24, 2.45) is 0 Å². The zero-order valence-corrected chi connectivity index (χ0v) is 40.6. The van der Waals surface area contributed by atoms with Crippen molar-refractivity contribution in [3.05, 3.63) is 291 Å². The number of hydrogen-bond acceptors (Lipinski definition) is 2. The van der Waals surface area contributed by atoms with Gasteiger partial charge in [0.2, 0.25) is 0 Å². The van der Waals surface area contributed by atoms with Crippen molar-refractivity contribution >= 4 is 21.5 Å². The van der Waals surface area contributed by atoms with Crippen molar-refractivity contribution in [1.82, 2.24) is 9.97 Å². The van der Waals surface area contributed by atoms with Crippen LogP contribution in [0.4, 0.5) is 0 Å². The van der Waals surface area contributed by atoms with Crippen LogP contribution in [0.25, 0.3) is 133 Å². The summed E-state index contributed by atoms with van der Waals surface area (Å²) in [5.74, 6) is 0. The van der Waals surface area contributed by atoms with E-state index >= 15 is 0 Å². The second-order valence-electron chi connectivity index (χ2n) is 18.8. The van der Waals surface area contributed by atoms with Gasteiger partial charge in [-0.1, -0.05) is 255 Å². The molecule has 0 bridgehead atoms. The molecule has 13 rings (SSSR count). The first-order valence-electron chi connectivity index (χ1n) is 25.3. The molecule has 0 unspecified atom stereocenters. The summed E-state index contributed by atoms with van der Waals surface area (Å²) in [6.45, 7) is 0. The van der Waals surface area contributed by atoms with E-state index in [0.717, 1.165) is 89.5 Å². The van der Waals surface area contributed by atoms with Crippen molar-refractivity contribution in [3.63, 3.8) is 0 Å². The third-order valence-corrected chi connectivity index (χ3v) is 14.3. The highest BCUT2D eigenvalue weighted by Gasteiger charge is 2.20. The number of fused-ring (bicyclic) bond motifs is 2. The van der Waals surface area contributed by atoms with Gasteiger partial charge in [0.25, 0.3) is 0 Å². The third-order valence-electron chi connectivity index (χ3n) is 14.3. The summed E-state index contributed by atoms with van der Waals surface area (Å²) in [5, 5.41) is 4.83. The molecule has 11 aromatic carbocycles. The highest BCUT2D eigenvalue weighted by Crippen LogP contribution is 2.47. The lowest BCUT2D eigenvalue weighted by atomic mass is 9.83. The average Bonchev–Trinajstić information content (AvgIpc) is 3.50. The van der Waals surface area contributed by atoms with Gasteiger partial charge >= 0.3 is 0 Å². The van der Waals surface area contributed by atoms with Gasteiger partial charge in [0.1, 0.15) is 0 Å². The van der Waals surface area contributed by atoms with Crippen molar-refractivity contribution in [2.45, 2.75) is 0 Å². The van der Waals surface area contributed by atoms with Gasteiger partial charge in [-0.25, -0.2) is 9.97 Å². The number of benzene rings is 11. The monoisotopic (exact) mass is 940 g/mol. The molecule has 2 heteroatoms. The summed E-state index contributed by atoms with van der Waals surface area (Å²) in [6, 6.07) is 105. The van der Waals surface area contributed by atoms with Crippen LogP contribution in [0.3, 0.4) is 0 Å². The molecular weight excluding hydrogens is 893 g/mol. The fraction of sp³-hybridized carbons (Fsp3) is 0. The highest BCUT2D eigenvalue weighted by molar-refractivity contribution is 6.22. The second kappa shape index (κ2) is 19.4. The van der Waals surface area contributed by atoms with Gasteiger partial charge in [-0.2, -0.15) is 0 Å². The Hall–Kier alpha value is -9.76. The molecule has 0 amide bonds. The van der Waals surface area contributed by atoms with Crippen molar-refractivity contribution in [3.8, 4) is 112 Å². The Bertz CT molecular complexity index is 3860. The smallest absolute Gasteiger partial charge is 0.0787 e. The van der Waals surface area contributed by atoms with E-state index < -0.39 is 0 Å². The summed E-state index contributed by atoms with van der Waals surface area (Å²) < 4.78 is 0. The van der Waals surface area contributed by atoms with Gasteiger partial charge < -0.3 is 0 Å². The molecule has 346 valence electrons. The fourth-order valence-electron chi connectivity index (χ4n) is 10.7. The molecule has 0 aliphatic heterocycles. The van der Waals surface area contributed by atoms with Crippen LogP contribution in [0.2, 0.25) is 0 Å². The molecule has 0 aliphatic carbocycles. The second-order valence-corrected chi connectivity index (χ2v) is 18.8. The molecule has 74 heavy (non-hydrogen) atoms. The average molecular weight is 941 g/mol. The maximum Gasteiger partial charge on any atom is 0.0787 e. The van der Waals surface area contributed by atoms with Gasteiger partial charge in [-0.05, 0) is 114 Å². The van der Waals surface area contributed by atoms with Crippen molar-refractivity contribution in [1.29, 1.82) is 0 Å². The minimum absolute atomic E-state index is 0.953. The number of aromatic nitrogens is 2.